The number of hydrogen-bond donors (Lipinski definition) is 3. The van der Waals surface area contributed by atoms with E-state index in [0.717, 1.165) is 4.90 Å². The number of anilines is 1. The maximum atomic E-state index is 13.2. The van der Waals surface area contributed by atoms with Gasteiger partial charge in [-0.1, -0.05) is 24.3 Å². The molecule has 2 aromatic rings. The fourth-order valence-electron chi connectivity index (χ4n) is 5.41. The van der Waals surface area contributed by atoms with Crippen molar-refractivity contribution in [3.05, 3.63) is 65.2 Å². The molecule has 1 unspecified atom stereocenters. The molecule has 2 aromatic carbocycles. The minimum atomic E-state index is -1.02. The number of nitrogens with zero attached hydrogens (tertiary/aromatic N) is 2. The first kappa shape index (κ1) is 27.0. The van der Waals surface area contributed by atoms with Crippen molar-refractivity contribution < 1.29 is 28.8 Å². The molecule has 1 atom stereocenters. The highest BCUT2D eigenvalue weighted by Crippen LogP contribution is 2.32. The van der Waals surface area contributed by atoms with E-state index < -0.39 is 29.7 Å². The number of rotatable bonds is 8. The topological polar surface area (TPSA) is 145 Å². The molecule has 2 fully saturated rings. The lowest BCUT2D eigenvalue weighted by atomic mass is 10.0. The second-order valence-corrected chi connectivity index (χ2v) is 10.2. The minimum Gasteiger partial charge on any atom is -0.384 e. The summed E-state index contributed by atoms with van der Waals surface area (Å²) < 4.78 is 0. The maximum Gasteiger partial charge on any atom is 0.264 e. The fourth-order valence-corrected chi connectivity index (χ4v) is 5.41. The van der Waals surface area contributed by atoms with Crippen LogP contribution in [0.1, 0.15) is 69.6 Å². The van der Waals surface area contributed by atoms with Crippen LogP contribution < -0.4 is 16.0 Å². The summed E-state index contributed by atoms with van der Waals surface area (Å²) in [6, 6.07) is 12.9. The van der Waals surface area contributed by atoms with E-state index in [-0.39, 0.29) is 41.8 Å². The molecule has 2 saturated heterocycles. The second kappa shape index (κ2) is 11.7. The van der Waals surface area contributed by atoms with Crippen LogP contribution in [-0.2, 0) is 14.4 Å². The number of likely N-dealkylation sites (tertiary alicyclic amines) is 1. The molecule has 11 nitrogen and oxygen atoms in total. The fraction of sp³-hybridized carbons (Fsp3) is 0.379. The molecule has 0 radical (unpaired) electrons. The van der Waals surface area contributed by atoms with E-state index in [9.17, 15) is 28.8 Å². The lowest BCUT2D eigenvalue weighted by Gasteiger charge is -2.32. The number of hydrogen-bond acceptors (Lipinski definition) is 7. The summed E-state index contributed by atoms with van der Waals surface area (Å²) in [7, 11) is 0. The lowest BCUT2D eigenvalue weighted by Crippen LogP contribution is -2.54. The highest BCUT2D eigenvalue weighted by molar-refractivity contribution is 6.25. The van der Waals surface area contributed by atoms with Gasteiger partial charge in [0.15, 0.2) is 0 Å². The van der Waals surface area contributed by atoms with Crippen molar-refractivity contribution >= 4 is 41.1 Å². The molecule has 11 heteroatoms. The van der Waals surface area contributed by atoms with Gasteiger partial charge >= 0.3 is 0 Å². The summed E-state index contributed by atoms with van der Waals surface area (Å²) in [5.74, 6) is -2.28. The summed E-state index contributed by atoms with van der Waals surface area (Å²) >= 11 is 0. The molecule has 40 heavy (non-hydrogen) atoms. The number of nitrogens with one attached hydrogen (secondary N) is 3. The van der Waals surface area contributed by atoms with Crippen LogP contribution in [0.25, 0.3) is 0 Å². The Morgan fingerprint density at radius 3 is 2.38 bits per heavy atom. The van der Waals surface area contributed by atoms with Crippen LogP contribution in [-0.4, -0.2) is 77.0 Å². The molecule has 3 N–H and O–H groups in total. The zero-order chi connectivity index (χ0) is 28.2. The van der Waals surface area contributed by atoms with Crippen LogP contribution in [0, 0.1) is 0 Å². The summed E-state index contributed by atoms with van der Waals surface area (Å²) in [5, 5.41) is 8.40. The van der Waals surface area contributed by atoms with E-state index in [4.69, 9.17) is 0 Å². The highest BCUT2D eigenvalue weighted by Gasteiger charge is 2.45. The molecule has 3 aliphatic rings. The van der Waals surface area contributed by atoms with Gasteiger partial charge < -0.3 is 15.5 Å². The number of imide groups is 2. The minimum absolute atomic E-state index is 0.0265. The monoisotopic (exact) mass is 545 g/mol. The molecule has 3 aliphatic heterocycles. The third-order valence-corrected chi connectivity index (χ3v) is 7.57. The summed E-state index contributed by atoms with van der Waals surface area (Å²) in [6.45, 7) is 1.56. The Kier molecular flexibility index (Phi) is 7.90. The third-order valence-electron chi connectivity index (χ3n) is 7.57. The molecular weight excluding hydrogens is 514 g/mol. The zero-order valence-corrected chi connectivity index (χ0v) is 22.0. The highest BCUT2D eigenvalue weighted by atomic mass is 16.2. The first-order valence-corrected chi connectivity index (χ1v) is 13.6. The largest absolute Gasteiger partial charge is 0.384 e. The molecule has 5 rings (SSSR count). The number of carbonyl (C=O) groups excluding carboxylic acids is 6. The number of carbonyl (C=O) groups is 6. The molecule has 0 aliphatic carbocycles. The van der Waals surface area contributed by atoms with Gasteiger partial charge in [0.05, 0.1) is 11.1 Å². The first-order chi connectivity index (χ1) is 19.3. The Labute approximate surface area is 231 Å². The molecule has 208 valence electrons. The molecule has 0 aromatic heterocycles. The smallest absolute Gasteiger partial charge is 0.264 e. The molecule has 6 amide bonds. The predicted molar refractivity (Wildman–Crippen MR) is 144 cm³/mol. The van der Waals surface area contributed by atoms with Crippen molar-refractivity contribution in [3.63, 3.8) is 0 Å². The molecule has 0 saturated carbocycles. The summed E-state index contributed by atoms with van der Waals surface area (Å²) in [5.41, 5.74) is 1.49. The Morgan fingerprint density at radius 2 is 1.65 bits per heavy atom. The number of amides is 6. The van der Waals surface area contributed by atoms with E-state index in [1.807, 2.05) is 23.1 Å². The summed E-state index contributed by atoms with van der Waals surface area (Å²) in [6.07, 6.45) is 2.38. The number of piperidine rings is 2. The van der Waals surface area contributed by atoms with Gasteiger partial charge in [-0.25, -0.2) is 0 Å². The van der Waals surface area contributed by atoms with Crippen molar-refractivity contribution in [2.45, 2.75) is 50.6 Å². The van der Waals surface area contributed by atoms with Crippen LogP contribution in [0.3, 0.4) is 0 Å². The van der Waals surface area contributed by atoms with E-state index in [1.54, 1.807) is 30.3 Å². The number of fused-ring (bicyclic) bond motifs is 1. The molecular formula is C29H31N5O6. The van der Waals surface area contributed by atoms with E-state index in [1.165, 1.54) is 0 Å². The van der Waals surface area contributed by atoms with Crippen molar-refractivity contribution in [1.29, 1.82) is 0 Å². The van der Waals surface area contributed by atoms with Crippen LogP contribution in [0.15, 0.2) is 48.5 Å². The average molecular weight is 546 g/mol. The Balaban J connectivity index is 1.09. The maximum absolute atomic E-state index is 13.2. The van der Waals surface area contributed by atoms with Crippen molar-refractivity contribution in [2.75, 3.05) is 25.0 Å². The van der Waals surface area contributed by atoms with Gasteiger partial charge in [-0.2, -0.15) is 0 Å². The molecule has 3 heterocycles. The van der Waals surface area contributed by atoms with Gasteiger partial charge in [-0.05, 0) is 49.9 Å². The average Bonchev–Trinajstić information content (AvgIpc) is 3.22. The SMILES string of the molecule is O=C1CCC(N2C(=O)c3cccc(NCCCC(=O)N4CCC(NC(=O)c5ccccc5)CC4)c3C2=O)C(=O)N1. The van der Waals surface area contributed by atoms with Crippen LogP contribution in [0.5, 0.6) is 0 Å². The van der Waals surface area contributed by atoms with E-state index in [2.05, 4.69) is 16.0 Å². The zero-order valence-electron chi connectivity index (χ0n) is 22.0. The van der Waals surface area contributed by atoms with Gasteiger partial charge in [0.1, 0.15) is 6.04 Å². The van der Waals surface area contributed by atoms with E-state index in [0.29, 0.717) is 56.6 Å². The van der Waals surface area contributed by atoms with Crippen molar-refractivity contribution in [2.24, 2.45) is 0 Å². The van der Waals surface area contributed by atoms with Gasteiger partial charge in [0, 0.05) is 49.8 Å². The van der Waals surface area contributed by atoms with Gasteiger partial charge in [-0.3, -0.25) is 39.0 Å². The van der Waals surface area contributed by atoms with Crippen molar-refractivity contribution in [3.8, 4) is 0 Å². The Bertz CT molecular complexity index is 1350. The standard InChI is InChI=1S/C29H31N5O6/c35-23-12-11-22(27(38)32-23)34-28(39)20-8-4-9-21(25(20)29(34)40)30-15-5-10-24(36)33-16-13-19(14-17-33)31-26(37)18-6-2-1-3-7-18/h1-4,6-9,19,22,30H,5,10-17H2,(H,31,37)(H,32,35,38). The van der Waals surface area contributed by atoms with Gasteiger partial charge in [0.25, 0.3) is 17.7 Å². The van der Waals surface area contributed by atoms with Crippen molar-refractivity contribution in [1.82, 2.24) is 20.4 Å². The Morgan fingerprint density at radius 1 is 0.900 bits per heavy atom. The van der Waals surface area contributed by atoms with Crippen LogP contribution in [0.2, 0.25) is 0 Å². The quantitative estimate of drug-likeness (QED) is 0.338. The van der Waals surface area contributed by atoms with E-state index >= 15 is 0 Å². The predicted octanol–water partition coefficient (Wildman–Crippen LogP) is 1.70. The summed E-state index contributed by atoms with van der Waals surface area (Å²) in [4.78, 5) is 77.8. The van der Waals surface area contributed by atoms with Crippen LogP contribution in [0.4, 0.5) is 5.69 Å². The second-order valence-electron chi connectivity index (χ2n) is 10.2. The molecule has 0 spiro atoms. The third kappa shape index (κ3) is 5.58. The first-order valence-electron chi connectivity index (χ1n) is 13.6. The van der Waals surface area contributed by atoms with Gasteiger partial charge in [-0.15, -0.1) is 0 Å². The van der Waals surface area contributed by atoms with Crippen LogP contribution >= 0.6 is 0 Å². The molecule has 0 bridgehead atoms. The lowest BCUT2D eigenvalue weighted by molar-refractivity contribution is -0.136. The normalized spacial score (nSPS) is 19.4. The Hall–Kier alpha value is -4.54. The number of benzene rings is 2. The van der Waals surface area contributed by atoms with Gasteiger partial charge in [0.2, 0.25) is 17.7 Å².